The highest BCUT2D eigenvalue weighted by Gasteiger charge is 2.22. The Morgan fingerprint density at radius 1 is 1.56 bits per heavy atom. The number of nitrogen functional groups attached to an aromatic ring is 1. The Labute approximate surface area is 108 Å². The number of ether oxygens (including phenoxy) is 2. The summed E-state index contributed by atoms with van der Waals surface area (Å²) in [5.41, 5.74) is 6.72. The highest BCUT2D eigenvalue weighted by molar-refractivity contribution is 14.1. The summed E-state index contributed by atoms with van der Waals surface area (Å²) in [6.07, 6.45) is 0.965. The van der Waals surface area contributed by atoms with Gasteiger partial charge in [-0.2, -0.15) is 0 Å². The van der Waals surface area contributed by atoms with Gasteiger partial charge >= 0.3 is 0 Å². The molecule has 0 aromatic carbocycles. The number of halogens is 1. The van der Waals surface area contributed by atoms with Crippen molar-refractivity contribution >= 4 is 28.4 Å². The van der Waals surface area contributed by atoms with Crippen LogP contribution in [0.25, 0.3) is 0 Å². The van der Waals surface area contributed by atoms with Crippen LogP contribution in [0.4, 0.5) is 5.82 Å². The monoisotopic (exact) mass is 335 g/mol. The maximum absolute atomic E-state index is 5.86. The van der Waals surface area contributed by atoms with Crippen LogP contribution in [0, 0.1) is 3.57 Å². The van der Waals surface area contributed by atoms with Gasteiger partial charge in [-0.15, -0.1) is 0 Å². The average Bonchev–Trinajstić information content (AvgIpc) is 2.78. The molecule has 6 heteroatoms. The lowest BCUT2D eigenvalue weighted by Crippen LogP contribution is -2.11. The SMILES string of the molecule is COCc1nc(C2CCOC2)nc(N)c1I. The lowest BCUT2D eigenvalue weighted by molar-refractivity contribution is 0.179. The van der Waals surface area contributed by atoms with E-state index in [1.54, 1.807) is 7.11 Å². The molecular formula is C10H14IN3O2. The summed E-state index contributed by atoms with van der Waals surface area (Å²) in [6, 6.07) is 0. The fourth-order valence-electron chi connectivity index (χ4n) is 1.69. The van der Waals surface area contributed by atoms with Gasteiger partial charge < -0.3 is 15.2 Å². The summed E-state index contributed by atoms with van der Waals surface area (Å²) in [7, 11) is 1.65. The molecule has 0 radical (unpaired) electrons. The zero-order valence-electron chi connectivity index (χ0n) is 9.07. The van der Waals surface area contributed by atoms with Gasteiger partial charge in [0.1, 0.15) is 11.6 Å². The molecule has 0 aliphatic carbocycles. The Morgan fingerprint density at radius 2 is 2.38 bits per heavy atom. The molecule has 0 bridgehead atoms. The van der Waals surface area contributed by atoms with E-state index in [9.17, 15) is 0 Å². The molecule has 1 aliphatic heterocycles. The molecule has 0 amide bonds. The van der Waals surface area contributed by atoms with Crippen molar-refractivity contribution in [1.82, 2.24) is 9.97 Å². The molecule has 16 heavy (non-hydrogen) atoms. The van der Waals surface area contributed by atoms with Crippen LogP contribution >= 0.6 is 22.6 Å². The second-order valence-electron chi connectivity index (χ2n) is 3.72. The molecule has 1 aromatic rings. The van der Waals surface area contributed by atoms with Crippen LogP contribution < -0.4 is 5.73 Å². The van der Waals surface area contributed by atoms with Crippen LogP contribution in [0.15, 0.2) is 0 Å². The summed E-state index contributed by atoms with van der Waals surface area (Å²) < 4.78 is 11.3. The molecule has 2 N–H and O–H groups in total. The fourth-order valence-corrected chi connectivity index (χ4v) is 2.08. The fraction of sp³-hybridized carbons (Fsp3) is 0.600. The van der Waals surface area contributed by atoms with E-state index in [0.29, 0.717) is 19.0 Å². The minimum absolute atomic E-state index is 0.273. The van der Waals surface area contributed by atoms with Crippen molar-refractivity contribution in [1.29, 1.82) is 0 Å². The molecule has 0 saturated carbocycles. The Morgan fingerprint density at radius 3 is 3.00 bits per heavy atom. The summed E-state index contributed by atoms with van der Waals surface area (Å²) >= 11 is 2.15. The number of aromatic nitrogens is 2. The van der Waals surface area contributed by atoms with Crippen LogP contribution in [0.1, 0.15) is 23.9 Å². The number of rotatable bonds is 3. The van der Waals surface area contributed by atoms with Crippen LogP contribution in [0.2, 0.25) is 0 Å². The zero-order valence-corrected chi connectivity index (χ0v) is 11.2. The predicted octanol–water partition coefficient (Wildman–Crippen LogP) is 1.31. The van der Waals surface area contributed by atoms with E-state index in [4.69, 9.17) is 15.2 Å². The van der Waals surface area contributed by atoms with Crippen molar-refractivity contribution in [2.24, 2.45) is 0 Å². The summed E-state index contributed by atoms with van der Waals surface area (Å²) in [4.78, 5) is 8.82. The van der Waals surface area contributed by atoms with Gasteiger partial charge in [0.05, 0.1) is 22.5 Å². The van der Waals surface area contributed by atoms with Gasteiger partial charge in [-0.3, -0.25) is 0 Å². The summed E-state index contributed by atoms with van der Waals surface area (Å²) in [6.45, 7) is 1.93. The van der Waals surface area contributed by atoms with Gasteiger partial charge in [-0.1, -0.05) is 0 Å². The molecular weight excluding hydrogens is 321 g/mol. The van der Waals surface area contributed by atoms with Gasteiger partial charge in [-0.05, 0) is 29.0 Å². The first-order valence-electron chi connectivity index (χ1n) is 5.11. The molecule has 1 aromatic heterocycles. The Balaban J connectivity index is 2.31. The average molecular weight is 335 g/mol. The molecule has 1 aliphatic rings. The lowest BCUT2D eigenvalue weighted by atomic mass is 10.1. The van der Waals surface area contributed by atoms with Gasteiger partial charge in [0.25, 0.3) is 0 Å². The van der Waals surface area contributed by atoms with Crippen molar-refractivity contribution < 1.29 is 9.47 Å². The third-order valence-corrected chi connectivity index (χ3v) is 3.71. The zero-order chi connectivity index (χ0) is 11.5. The molecule has 2 heterocycles. The number of nitrogens with zero attached hydrogens (tertiary/aromatic N) is 2. The number of hydrogen-bond donors (Lipinski definition) is 1. The highest BCUT2D eigenvalue weighted by Crippen LogP contribution is 2.25. The maximum Gasteiger partial charge on any atom is 0.141 e. The Bertz CT molecular complexity index is 381. The molecule has 5 nitrogen and oxygen atoms in total. The van der Waals surface area contributed by atoms with Gasteiger partial charge in [0, 0.05) is 19.6 Å². The minimum atomic E-state index is 0.273. The topological polar surface area (TPSA) is 70.3 Å². The molecule has 1 fully saturated rings. The largest absolute Gasteiger partial charge is 0.383 e. The minimum Gasteiger partial charge on any atom is -0.383 e. The second kappa shape index (κ2) is 5.24. The van der Waals surface area contributed by atoms with E-state index in [1.807, 2.05) is 0 Å². The number of nitrogens with two attached hydrogens (primary N) is 1. The van der Waals surface area contributed by atoms with E-state index in [2.05, 4.69) is 32.6 Å². The van der Waals surface area contributed by atoms with Gasteiger partial charge in [0.15, 0.2) is 0 Å². The molecule has 0 spiro atoms. The second-order valence-corrected chi connectivity index (χ2v) is 4.80. The molecule has 1 saturated heterocycles. The van der Waals surface area contributed by atoms with Crippen molar-refractivity contribution in [2.45, 2.75) is 18.9 Å². The predicted molar refractivity (Wildman–Crippen MR) is 68.1 cm³/mol. The molecule has 1 unspecified atom stereocenters. The van der Waals surface area contributed by atoms with Crippen molar-refractivity contribution in [3.8, 4) is 0 Å². The third kappa shape index (κ3) is 2.44. The smallest absolute Gasteiger partial charge is 0.141 e. The standard InChI is InChI=1S/C10H14IN3O2/c1-15-5-7-8(11)9(12)14-10(13-7)6-2-3-16-4-6/h6H,2-5H2,1H3,(H2,12,13,14). The Kier molecular flexibility index (Phi) is 3.93. The van der Waals surface area contributed by atoms with E-state index < -0.39 is 0 Å². The molecule has 88 valence electrons. The van der Waals surface area contributed by atoms with Crippen molar-refractivity contribution in [3.63, 3.8) is 0 Å². The van der Waals surface area contributed by atoms with Crippen molar-refractivity contribution in [2.75, 3.05) is 26.1 Å². The van der Waals surface area contributed by atoms with E-state index >= 15 is 0 Å². The first-order valence-corrected chi connectivity index (χ1v) is 6.18. The van der Waals surface area contributed by atoms with Gasteiger partial charge in [-0.25, -0.2) is 9.97 Å². The summed E-state index contributed by atoms with van der Waals surface area (Å²) in [5, 5.41) is 0. The van der Waals surface area contributed by atoms with Gasteiger partial charge in [0.2, 0.25) is 0 Å². The first-order chi connectivity index (χ1) is 7.72. The van der Waals surface area contributed by atoms with E-state index in [-0.39, 0.29) is 5.92 Å². The number of hydrogen-bond acceptors (Lipinski definition) is 5. The van der Waals surface area contributed by atoms with Crippen LogP contribution in [-0.4, -0.2) is 30.3 Å². The van der Waals surface area contributed by atoms with Crippen molar-refractivity contribution in [3.05, 3.63) is 15.1 Å². The van der Waals surface area contributed by atoms with Crippen LogP contribution in [-0.2, 0) is 16.1 Å². The Hall–Kier alpha value is -0.470. The molecule has 2 rings (SSSR count). The third-order valence-electron chi connectivity index (χ3n) is 2.54. The first kappa shape index (κ1) is 12.0. The van der Waals surface area contributed by atoms with E-state index in [1.165, 1.54) is 0 Å². The maximum atomic E-state index is 5.86. The normalized spacial score (nSPS) is 20.2. The van der Waals surface area contributed by atoms with Crippen LogP contribution in [0.5, 0.6) is 0 Å². The number of anilines is 1. The summed E-state index contributed by atoms with van der Waals surface area (Å²) in [5.74, 6) is 1.59. The van der Waals surface area contributed by atoms with E-state index in [0.717, 1.165) is 28.1 Å². The quantitative estimate of drug-likeness (QED) is 0.844. The number of methoxy groups -OCH3 is 1. The molecule has 1 atom stereocenters. The van der Waals surface area contributed by atoms with Crippen LogP contribution in [0.3, 0.4) is 0 Å². The lowest BCUT2D eigenvalue weighted by Gasteiger charge is -2.11. The highest BCUT2D eigenvalue weighted by atomic mass is 127.